The monoisotopic (exact) mass is 222 g/mol. The van der Waals surface area contributed by atoms with Crippen LogP contribution in [0.25, 0.3) is 12.2 Å². The lowest BCUT2D eigenvalue weighted by molar-refractivity contribution is 0.688. The van der Waals surface area contributed by atoms with Crippen LogP contribution in [0.5, 0.6) is 0 Å². The fourth-order valence-electron chi connectivity index (χ4n) is 1.69. The number of fused-ring (bicyclic) bond motifs is 3. The van der Waals surface area contributed by atoms with Gasteiger partial charge >= 0.3 is 0 Å². The highest BCUT2D eigenvalue weighted by atomic mass is 32.2. The Kier molecular flexibility index (Phi) is 1.63. The predicted octanol–water partition coefficient (Wildman–Crippen LogP) is 1.87. The van der Waals surface area contributed by atoms with Crippen molar-refractivity contribution in [1.29, 1.82) is 0 Å². The van der Waals surface area contributed by atoms with E-state index in [4.69, 9.17) is 0 Å². The zero-order valence-corrected chi connectivity index (χ0v) is 8.73. The Morgan fingerprint density at radius 3 is 2.57 bits per heavy atom. The van der Waals surface area contributed by atoms with Gasteiger partial charge in [-0.1, -0.05) is 6.07 Å². The molecule has 2 heterocycles. The van der Waals surface area contributed by atoms with Gasteiger partial charge in [-0.05, 0) is 23.8 Å². The van der Waals surface area contributed by atoms with E-state index in [1.807, 2.05) is 18.2 Å². The second-order valence-corrected chi connectivity index (χ2v) is 5.68. The fourth-order valence-corrected chi connectivity index (χ4v) is 3.92. The third kappa shape index (κ3) is 0.952. The van der Waals surface area contributed by atoms with Crippen molar-refractivity contribution < 1.29 is 8.42 Å². The van der Waals surface area contributed by atoms with Gasteiger partial charge in [-0.25, -0.2) is 8.42 Å². The van der Waals surface area contributed by atoms with Gasteiger partial charge in [0.25, 0.3) is 0 Å². The first-order chi connectivity index (χ1) is 6.77. The minimum atomic E-state index is -1.06. The third-order valence-electron chi connectivity index (χ3n) is 2.33. The number of benzene rings is 1. The maximum atomic E-state index is 11.6. The summed E-state index contributed by atoms with van der Waals surface area (Å²) in [7, 11) is -2.11. The first kappa shape index (κ1) is 8.32. The molecule has 2 nitrogen and oxygen atoms in total. The summed E-state index contributed by atoms with van der Waals surface area (Å²) in [6.45, 7) is 0. The van der Waals surface area contributed by atoms with Crippen molar-refractivity contribution in [3.05, 3.63) is 34.1 Å². The molecule has 0 aromatic heterocycles. The van der Waals surface area contributed by atoms with Crippen molar-refractivity contribution in [2.24, 2.45) is 0 Å². The SMILES string of the molecule is O=S1C=Cc2c1ccc1c2S(=O)C=C1. The molecule has 0 radical (unpaired) electrons. The lowest BCUT2D eigenvalue weighted by Crippen LogP contribution is -1.93. The molecule has 2 aliphatic rings. The molecule has 2 aliphatic heterocycles. The molecule has 3 rings (SSSR count). The van der Waals surface area contributed by atoms with Crippen LogP contribution in [0, 0.1) is 0 Å². The molecule has 0 amide bonds. The lowest BCUT2D eigenvalue weighted by atomic mass is 10.1. The Labute approximate surface area is 86.2 Å². The lowest BCUT2D eigenvalue weighted by Gasteiger charge is -2.03. The molecule has 0 saturated heterocycles. The van der Waals surface area contributed by atoms with Crippen LogP contribution in [0.2, 0.25) is 0 Å². The smallest absolute Gasteiger partial charge is 0.0788 e. The zero-order valence-electron chi connectivity index (χ0n) is 7.10. The van der Waals surface area contributed by atoms with Gasteiger partial charge < -0.3 is 0 Å². The van der Waals surface area contributed by atoms with Gasteiger partial charge in [-0.2, -0.15) is 0 Å². The Morgan fingerprint density at radius 1 is 0.929 bits per heavy atom. The fraction of sp³-hybridized carbons (Fsp3) is 0. The van der Waals surface area contributed by atoms with E-state index in [2.05, 4.69) is 0 Å². The van der Waals surface area contributed by atoms with E-state index >= 15 is 0 Å². The molecule has 0 bridgehead atoms. The molecule has 70 valence electrons. The van der Waals surface area contributed by atoms with Gasteiger partial charge in [0.1, 0.15) is 0 Å². The summed E-state index contributed by atoms with van der Waals surface area (Å²) in [5.41, 5.74) is 1.86. The van der Waals surface area contributed by atoms with Gasteiger partial charge in [0.15, 0.2) is 0 Å². The van der Waals surface area contributed by atoms with Crippen LogP contribution in [-0.2, 0) is 21.6 Å². The normalized spacial score (nSPS) is 26.6. The highest BCUT2D eigenvalue weighted by Crippen LogP contribution is 2.35. The molecule has 0 fully saturated rings. The zero-order chi connectivity index (χ0) is 9.71. The van der Waals surface area contributed by atoms with E-state index in [1.54, 1.807) is 16.9 Å². The number of hydrogen-bond acceptors (Lipinski definition) is 2. The minimum absolute atomic E-state index is 0.779. The summed E-state index contributed by atoms with van der Waals surface area (Å²) in [6.07, 6.45) is 3.65. The molecular formula is C10H6O2S2. The van der Waals surface area contributed by atoms with Crippen molar-refractivity contribution in [2.45, 2.75) is 9.79 Å². The Hall–Kier alpha value is -1.00. The summed E-state index contributed by atoms with van der Waals surface area (Å²) in [6, 6.07) is 3.72. The van der Waals surface area contributed by atoms with E-state index < -0.39 is 21.6 Å². The standard InChI is InChI=1S/C10H6O2S2/c11-13-6-4-8-9(13)2-1-7-3-5-14(12)10(7)8/h1-6H. The van der Waals surface area contributed by atoms with Crippen LogP contribution in [0.4, 0.5) is 0 Å². The van der Waals surface area contributed by atoms with Gasteiger partial charge in [0.05, 0.1) is 31.4 Å². The molecule has 0 saturated carbocycles. The second kappa shape index (κ2) is 2.74. The van der Waals surface area contributed by atoms with Gasteiger partial charge in [0, 0.05) is 16.4 Å². The van der Waals surface area contributed by atoms with E-state index in [0.29, 0.717) is 0 Å². The number of hydrogen-bond donors (Lipinski definition) is 0. The van der Waals surface area contributed by atoms with Crippen molar-refractivity contribution in [3.63, 3.8) is 0 Å². The molecule has 2 atom stereocenters. The molecule has 0 aliphatic carbocycles. The quantitative estimate of drug-likeness (QED) is 0.671. The predicted molar refractivity (Wildman–Crippen MR) is 57.3 cm³/mol. The van der Waals surface area contributed by atoms with E-state index in [-0.39, 0.29) is 0 Å². The maximum absolute atomic E-state index is 11.6. The average molecular weight is 222 g/mol. The molecule has 2 unspecified atom stereocenters. The first-order valence-corrected chi connectivity index (χ1v) is 6.54. The van der Waals surface area contributed by atoms with Crippen molar-refractivity contribution in [3.8, 4) is 0 Å². The van der Waals surface area contributed by atoms with Gasteiger partial charge in [-0.3, -0.25) is 0 Å². The maximum Gasteiger partial charge on any atom is 0.0788 e. The second-order valence-electron chi connectivity index (χ2n) is 3.10. The summed E-state index contributed by atoms with van der Waals surface area (Å²) in [5, 5.41) is 3.31. The molecule has 14 heavy (non-hydrogen) atoms. The summed E-state index contributed by atoms with van der Waals surface area (Å²) in [5.74, 6) is 0. The average Bonchev–Trinajstić information content (AvgIpc) is 2.72. The van der Waals surface area contributed by atoms with Crippen LogP contribution in [0.1, 0.15) is 11.1 Å². The largest absolute Gasteiger partial charge is 0.250 e. The molecule has 1 aromatic carbocycles. The Bertz CT molecular complexity index is 541. The molecule has 4 heteroatoms. The van der Waals surface area contributed by atoms with Crippen molar-refractivity contribution in [1.82, 2.24) is 0 Å². The molecule has 0 N–H and O–H groups in total. The Balaban J connectivity index is 2.39. The van der Waals surface area contributed by atoms with Gasteiger partial charge in [-0.15, -0.1) is 0 Å². The van der Waals surface area contributed by atoms with E-state index in [1.165, 1.54) is 0 Å². The topological polar surface area (TPSA) is 34.1 Å². The first-order valence-electron chi connectivity index (χ1n) is 4.12. The minimum Gasteiger partial charge on any atom is -0.250 e. The van der Waals surface area contributed by atoms with Gasteiger partial charge in [0.2, 0.25) is 0 Å². The third-order valence-corrected chi connectivity index (χ3v) is 4.75. The highest BCUT2D eigenvalue weighted by molar-refractivity contribution is 7.89. The highest BCUT2D eigenvalue weighted by Gasteiger charge is 2.23. The van der Waals surface area contributed by atoms with Crippen LogP contribution >= 0.6 is 0 Å². The van der Waals surface area contributed by atoms with Crippen molar-refractivity contribution in [2.75, 3.05) is 0 Å². The van der Waals surface area contributed by atoms with Crippen LogP contribution in [-0.4, -0.2) is 8.42 Å². The Morgan fingerprint density at radius 2 is 1.71 bits per heavy atom. The van der Waals surface area contributed by atoms with Crippen LogP contribution in [0.3, 0.4) is 0 Å². The molecule has 1 aromatic rings. The van der Waals surface area contributed by atoms with E-state index in [0.717, 1.165) is 20.9 Å². The summed E-state index contributed by atoms with van der Waals surface area (Å²) < 4.78 is 23.1. The molecule has 0 spiro atoms. The van der Waals surface area contributed by atoms with Crippen LogP contribution in [0.15, 0.2) is 32.7 Å². The molecular weight excluding hydrogens is 216 g/mol. The van der Waals surface area contributed by atoms with Crippen molar-refractivity contribution >= 4 is 33.8 Å². The van der Waals surface area contributed by atoms with Crippen LogP contribution < -0.4 is 0 Å². The summed E-state index contributed by atoms with van der Waals surface area (Å²) in [4.78, 5) is 1.59. The number of rotatable bonds is 0. The summed E-state index contributed by atoms with van der Waals surface area (Å²) >= 11 is 0. The van der Waals surface area contributed by atoms with E-state index in [9.17, 15) is 8.42 Å².